The van der Waals surface area contributed by atoms with Crippen LogP contribution < -0.4 is 10.7 Å². The second-order valence-corrected chi connectivity index (χ2v) is 4.76. The summed E-state index contributed by atoms with van der Waals surface area (Å²) < 4.78 is 12.8. The fourth-order valence-corrected chi connectivity index (χ4v) is 1.72. The van der Waals surface area contributed by atoms with E-state index in [2.05, 4.69) is 20.8 Å². The molecule has 0 bridgehead atoms. The summed E-state index contributed by atoms with van der Waals surface area (Å²) in [5.41, 5.74) is 3.72. The molecule has 0 saturated carbocycles. The number of hydrazone groups is 1. The molecule has 0 spiro atoms. The molecule has 7 heteroatoms. The normalized spacial score (nSPS) is 11.0. The maximum absolute atomic E-state index is 12.8. The van der Waals surface area contributed by atoms with Crippen LogP contribution in [0.15, 0.2) is 53.9 Å². The van der Waals surface area contributed by atoms with E-state index < -0.39 is 0 Å². The van der Waals surface area contributed by atoms with Crippen molar-refractivity contribution in [3.8, 4) is 0 Å². The summed E-state index contributed by atoms with van der Waals surface area (Å²) in [6, 6.07) is 8.55. The van der Waals surface area contributed by atoms with Gasteiger partial charge in [-0.15, -0.1) is 0 Å². The molecule has 2 aromatic rings. The van der Waals surface area contributed by atoms with E-state index in [0.29, 0.717) is 17.0 Å². The van der Waals surface area contributed by atoms with Gasteiger partial charge in [0.25, 0.3) is 5.91 Å². The van der Waals surface area contributed by atoms with Crippen LogP contribution in [-0.2, 0) is 4.79 Å². The topological polar surface area (TPSA) is 83.5 Å². The second-order valence-electron chi connectivity index (χ2n) is 4.76. The highest BCUT2D eigenvalue weighted by Gasteiger charge is 2.07. The van der Waals surface area contributed by atoms with Gasteiger partial charge in [-0.05, 0) is 43.3 Å². The zero-order valence-corrected chi connectivity index (χ0v) is 12.4. The van der Waals surface area contributed by atoms with E-state index in [1.165, 1.54) is 36.7 Å². The lowest BCUT2D eigenvalue weighted by atomic mass is 10.2. The number of nitrogens with one attached hydrogen (secondary N) is 2. The zero-order chi connectivity index (χ0) is 16.7. The summed E-state index contributed by atoms with van der Waals surface area (Å²) in [5, 5.41) is 6.48. The second kappa shape index (κ2) is 7.79. The molecule has 2 N–H and O–H groups in total. The van der Waals surface area contributed by atoms with Gasteiger partial charge in [0.15, 0.2) is 0 Å². The third kappa shape index (κ3) is 5.31. The molecule has 6 nitrogen and oxygen atoms in total. The number of amides is 2. The van der Waals surface area contributed by atoms with Crippen molar-refractivity contribution in [2.45, 2.75) is 13.3 Å². The predicted molar refractivity (Wildman–Crippen MR) is 84.5 cm³/mol. The van der Waals surface area contributed by atoms with E-state index >= 15 is 0 Å². The molecular weight excluding hydrogens is 299 g/mol. The van der Waals surface area contributed by atoms with E-state index in [0.717, 1.165) is 0 Å². The van der Waals surface area contributed by atoms with Crippen LogP contribution in [-0.4, -0.2) is 22.5 Å². The molecule has 0 aliphatic carbocycles. The van der Waals surface area contributed by atoms with Crippen LogP contribution >= 0.6 is 0 Å². The predicted octanol–water partition coefficient (Wildman–Crippen LogP) is 2.36. The molecule has 0 radical (unpaired) electrons. The highest BCUT2D eigenvalue weighted by molar-refractivity contribution is 6.06. The van der Waals surface area contributed by atoms with Crippen molar-refractivity contribution in [3.05, 3.63) is 60.2 Å². The van der Waals surface area contributed by atoms with E-state index in [1.807, 2.05) is 0 Å². The number of carbonyl (C=O) groups excluding carboxylic acids is 2. The summed E-state index contributed by atoms with van der Waals surface area (Å²) in [6.07, 6.45) is 3.01. The number of aromatic nitrogens is 1. The van der Waals surface area contributed by atoms with Gasteiger partial charge < -0.3 is 5.32 Å². The Bertz CT molecular complexity index is 715. The van der Waals surface area contributed by atoms with Crippen LogP contribution in [0.3, 0.4) is 0 Å². The summed E-state index contributed by atoms with van der Waals surface area (Å²) in [4.78, 5) is 27.4. The van der Waals surface area contributed by atoms with Gasteiger partial charge in [0.2, 0.25) is 5.91 Å². The molecular formula is C16H15FN4O2. The van der Waals surface area contributed by atoms with Crippen molar-refractivity contribution in [1.29, 1.82) is 0 Å². The molecule has 0 fully saturated rings. The Balaban J connectivity index is 1.85. The highest BCUT2D eigenvalue weighted by Crippen LogP contribution is 2.08. The van der Waals surface area contributed by atoms with Gasteiger partial charge in [0.05, 0.1) is 6.42 Å². The molecule has 118 valence electrons. The third-order valence-corrected chi connectivity index (χ3v) is 2.84. The van der Waals surface area contributed by atoms with E-state index in [1.54, 1.807) is 19.1 Å². The molecule has 0 aliphatic heterocycles. The number of nitrogens with zero attached hydrogens (tertiary/aromatic N) is 2. The van der Waals surface area contributed by atoms with E-state index in [9.17, 15) is 14.0 Å². The number of pyridine rings is 1. The van der Waals surface area contributed by atoms with Crippen molar-refractivity contribution in [2.75, 3.05) is 5.32 Å². The Morgan fingerprint density at radius 1 is 1.13 bits per heavy atom. The monoisotopic (exact) mass is 314 g/mol. The molecule has 2 amide bonds. The fourth-order valence-electron chi connectivity index (χ4n) is 1.72. The van der Waals surface area contributed by atoms with Crippen molar-refractivity contribution in [2.24, 2.45) is 5.10 Å². The van der Waals surface area contributed by atoms with Gasteiger partial charge in [-0.1, -0.05) is 0 Å². The maximum atomic E-state index is 12.8. The molecule has 0 saturated heterocycles. The Morgan fingerprint density at radius 2 is 1.78 bits per heavy atom. The molecule has 0 unspecified atom stereocenters. The van der Waals surface area contributed by atoms with Gasteiger partial charge in [-0.25, -0.2) is 9.82 Å². The van der Waals surface area contributed by atoms with Crippen LogP contribution in [0.1, 0.15) is 23.7 Å². The van der Waals surface area contributed by atoms with Crippen molar-refractivity contribution >= 4 is 23.2 Å². The minimum atomic E-state index is -0.384. The SMILES string of the molecule is C/C(CC(=O)Nc1ccc(F)cc1)=N\NC(=O)c1ccncc1. The van der Waals surface area contributed by atoms with E-state index in [-0.39, 0.29) is 24.1 Å². The van der Waals surface area contributed by atoms with Crippen molar-refractivity contribution < 1.29 is 14.0 Å². The number of rotatable bonds is 5. The van der Waals surface area contributed by atoms with E-state index in [4.69, 9.17) is 0 Å². The molecule has 1 aromatic heterocycles. The summed E-state index contributed by atoms with van der Waals surface area (Å²) >= 11 is 0. The average molecular weight is 314 g/mol. The lowest BCUT2D eigenvalue weighted by molar-refractivity contribution is -0.115. The zero-order valence-electron chi connectivity index (χ0n) is 12.4. The minimum Gasteiger partial charge on any atom is -0.326 e. The molecule has 1 heterocycles. The van der Waals surface area contributed by atoms with Crippen LogP contribution in [0.25, 0.3) is 0 Å². The van der Waals surface area contributed by atoms with Crippen molar-refractivity contribution in [3.63, 3.8) is 0 Å². The first-order chi connectivity index (χ1) is 11.0. The number of hydrogen-bond acceptors (Lipinski definition) is 4. The van der Waals surface area contributed by atoms with Gasteiger partial charge in [-0.3, -0.25) is 14.6 Å². The molecule has 0 aliphatic rings. The van der Waals surface area contributed by atoms with Crippen LogP contribution in [0.5, 0.6) is 0 Å². The number of carbonyl (C=O) groups is 2. The first-order valence-electron chi connectivity index (χ1n) is 6.83. The number of halogens is 1. The Hall–Kier alpha value is -3.09. The highest BCUT2D eigenvalue weighted by atomic mass is 19.1. The van der Waals surface area contributed by atoms with Gasteiger partial charge >= 0.3 is 0 Å². The van der Waals surface area contributed by atoms with Gasteiger partial charge in [0, 0.05) is 29.4 Å². The third-order valence-electron chi connectivity index (χ3n) is 2.84. The smallest absolute Gasteiger partial charge is 0.271 e. The largest absolute Gasteiger partial charge is 0.326 e. The summed E-state index contributed by atoms with van der Waals surface area (Å²) in [5.74, 6) is -1.07. The average Bonchev–Trinajstić information content (AvgIpc) is 2.55. The summed E-state index contributed by atoms with van der Waals surface area (Å²) in [6.45, 7) is 1.62. The van der Waals surface area contributed by atoms with Gasteiger partial charge in [0.1, 0.15) is 5.82 Å². The Labute approximate surface area is 132 Å². The Kier molecular flexibility index (Phi) is 5.51. The molecule has 2 rings (SSSR count). The number of hydrogen-bond donors (Lipinski definition) is 2. The lowest BCUT2D eigenvalue weighted by Crippen LogP contribution is -2.21. The minimum absolute atomic E-state index is 0.00794. The van der Waals surface area contributed by atoms with Crippen LogP contribution in [0, 0.1) is 5.82 Å². The first kappa shape index (κ1) is 16.3. The van der Waals surface area contributed by atoms with Crippen LogP contribution in [0.2, 0.25) is 0 Å². The Morgan fingerprint density at radius 3 is 2.43 bits per heavy atom. The van der Waals surface area contributed by atoms with Gasteiger partial charge in [-0.2, -0.15) is 5.10 Å². The molecule has 1 aromatic carbocycles. The standard InChI is InChI=1S/C16H15FN4O2/c1-11(20-21-16(23)12-6-8-18-9-7-12)10-15(22)19-14-4-2-13(17)3-5-14/h2-9H,10H2,1H3,(H,19,22)(H,21,23)/b20-11+. The van der Waals surface area contributed by atoms with Crippen molar-refractivity contribution in [1.82, 2.24) is 10.4 Å². The summed E-state index contributed by atoms with van der Waals surface area (Å²) in [7, 11) is 0. The first-order valence-corrected chi connectivity index (χ1v) is 6.83. The fraction of sp³-hybridized carbons (Fsp3) is 0.125. The maximum Gasteiger partial charge on any atom is 0.271 e. The number of benzene rings is 1. The van der Waals surface area contributed by atoms with Crippen LogP contribution in [0.4, 0.5) is 10.1 Å². The molecule has 0 atom stereocenters. The molecule has 23 heavy (non-hydrogen) atoms. The number of anilines is 1. The quantitative estimate of drug-likeness (QED) is 0.656. The lowest BCUT2D eigenvalue weighted by Gasteiger charge is -2.05.